The fourth-order valence-corrected chi connectivity index (χ4v) is 4.51. The zero-order valence-corrected chi connectivity index (χ0v) is 13.2. The molecule has 106 valence electrons. The van der Waals surface area contributed by atoms with Crippen LogP contribution in [0.2, 0.25) is 15.1 Å². The fourth-order valence-electron chi connectivity index (χ4n) is 2.16. The first-order valence-corrected chi connectivity index (χ1v) is 8.91. The van der Waals surface area contributed by atoms with Gasteiger partial charge in [-0.15, -0.1) is 0 Å². The van der Waals surface area contributed by atoms with E-state index in [9.17, 15) is 8.42 Å². The molecule has 0 amide bonds. The molecule has 1 aromatic carbocycles. The van der Waals surface area contributed by atoms with Crippen molar-refractivity contribution < 1.29 is 8.42 Å². The highest BCUT2D eigenvalue weighted by Gasteiger charge is 2.24. The highest BCUT2D eigenvalue weighted by molar-refractivity contribution is 7.91. The molecule has 1 unspecified atom stereocenters. The maximum absolute atomic E-state index is 11.5. The first-order chi connectivity index (χ1) is 8.89. The van der Waals surface area contributed by atoms with Crippen LogP contribution in [0.25, 0.3) is 0 Å². The first-order valence-electron chi connectivity index (χ1n) is 5.95. The Balaban J connectivity index is 2.05. The van der Waals surface area contributed by atoms with Crippen LogP contribution in [-0.4, -0.2) is 26.0 Å². The van der Waals surface area contributed by atoms with E-state index in [0.717, 1.165) is 6.42 Å². The van der Waals surface area contributed by atoms with Crippen molar-refractivity contribution in [2.24, 2.45) is 0 Å². The topological polar surface area (TPSA) is 46.2 Å². The van der Waals surface area contributed by atoms with Gasteiger partial charge in [0.1, 0.15) is 0 Å². The molecular formula is C12H14Cl3NO2S. The first kappa shape index (κ1) is 15.4. The van der Waals surface area contributed by atoms with E-state index in [4.69, 9.17) is 34.8 Å². The van der Waals surface area contributed by atoms with Crippen molar-refractivity contribution in [3.05, 3.63) is 32.8 Å². The maximum atomic E-state index is 11.5. The van der Waals surface area contributed by atoms with E-state index in [1.165, 1.54) is 0 Å². The van der Waals surface area contributed by atoms with Crippen LogP contribution in [0, 0.1) is 0 Å². The molecule has 0 radical (unpaired) electrons. The van der Waals surface area contributed by atoms with Gasteiger partial charge in [-0.05, 0) is 25.0 Å². The Kier molecular flexibility index (Phi) is 5.01. The van der Waals surface area contributed by atoms with Crippen molar-refractivity contribution in [1.29, 1.82) is 0 Å². The number of rotatable bonds is 3. The Labute approximate surface area is 128 Å². The fraction of sp³-hybridized carbons (Fsp3) is 0.500. The predicted octanol–water partition coefficient (Wildman–Crippen LogP) is 3.31. The molecular weight excluding hydrogens is 329 g/mol. The predicted molar refractivity (Wildman–Crippen MR) is 80.0 cm³/mol. The van der Waals surface area contributed by atoms with Crippen LogP contribution in [0.4, 0.5) is 0 Å². The lowest BCUT2D eigenvalue weighted by Gasteiger charge is -2.23. The van der Waals surface area contributed by atoms with Crippen molar-refractivity contribution in [2.45, 2.75) is 25.4 Å². The third-order valence-electron chi connectivity index (χ3n) is 3.17. The van der Waals surface area contributed by atoms with Gasteiger partial charge in [-0.3, -0.25) is 0 Å². The summed E-state index contributed by atoms with van der Waals surface area (Å²) >= 11 is 18.1. The maximum Gasteiger partial charge on any atom is 0.151 e. The SMILES string of the molecule is O=S1(=O)CCCC(NCc2c(Cl)ccc(Cl)c2Cl)C1. The summed E-state index contributed by atoms with van der Waals surface area (Å²) in [5.41, 5.74) is 0.707. The van der Waals surface area contributed by atoms with Gasteiger partial charge >= 0.3 is 0 Å². The standard InChI is InChI=1S/C12H14Cl3NO2S/c13-10-3-4-11(14)12(15)9(10)6-16-8-2-1-5-19(17,18)7-8/h3-4,8,16H,1-2,5-7H2. The van der Waals surface area contributed by atoms with Gasteiger partial charge in [0.15, 0.2) is 9.84 Å². The summed E-state index contributed by atoms with van der Waals surface area (Å²) in [5.74, 6) is 0.451. The number of benzene rings is 1. The highest BCUT2D eigenvalue weighted by Crippen LogP contribution is 2.31. The number of sulfone groups is 1. The van der Waals surface area contributed by atoms with Crippen molar-refractivity contribution in [1.82, 2.24) is 5.32 Å². The van der Waals surface area contributed by atoms with Crippen LogP contribution in [0.3, 0.4) is 0 Å². The third-order valence-corrected chi connectivity index (χ3v) is 6.19. The number of hydrogen-bond donors (Lipinski definition) is 1. The van der Waals surface area contributed by atoms with Gasteiger partial charge in [0, 0.05) is 23.2 Å². The molecule has 2 rings (SSSR count). The second-order valence-electron chi connectivity index (χ2n) is 4.66. The summed E-state index contributed by atoms with van der Waals surface area (Å²) in [7, 11) is -2.92. The molecule has 1 N–H and O–H groups in total. The zero-order valence-electron chi connectivity index (χ0n) is 10.1. The Morgan fingerprint density at radius 2 is 1.89 bits per heavy atom. The van der Waals surface area contributed by atoms with Crippen LogP contribution in [0.5, 0.6) is 0 Å². The van der Waals surface area contributed by atoms with Crippen LogP contribution >= 0.6 is 34.8 Å². The minimum Gasteiger partial charge on any atom is -0.309 e. The molecule has 3 nitrogen and oxygen atoms in total. The molecule has 1 aliphatic rings. The van der Waals surface area contributed by atoms with Crippen molar-refractivity contribution in [3.63, 3.8) is 0 Å². The second kappa shape index (κ2) is 6.19. The molecule has 1 aromatic rings. The average Bonchev–Trinajstić information content (AvgIpc) is 2.33. The summed E-state index contributed by atoms with van der Waals surface area (Å²) in [4.78, 5) is 0. The summed E-state index contributed by atoms with van der Waals surface area (Å²) < 4.78 is 23.1. The Morgan fingerprint density at radius 3 is 2.58 bits per heavy atom. The lowest BCUT2D eigenvalue weighted by Crippen LogP contribution is -2.39. The molecule has 1 saturated heterocycles. The molecule has 1 aliphatic heterocycles. The molecule has 0 spiro atoms. The minimum atomic E-state index is -2.92. The van der Waals surface area contributed by atoms with E-state index in [-0.39, 0.29) is 17.5 Å². The van der Waals surface area contributed by atoms with E-state index in [1.54, 1.807) is 12.1 Å². The normalized spacial score (nSPS) is 22.4. The van der Waals surface area contributed by atoms with E-state index >= 15 is 0 Å². The van der Waals surface area contributed by atoms with Crippen molar-refractivity contribution >= 4 is 44.6 Å². The summed E-state index contributed by atoms with van der Waals surface area (Å²) in [6, 6.07) is 3.27. The van der Waals surface area contributed by atoms with Gasteiger partial charge in [-0.1, -0.05) is 34.8 Å². The molecule has 19 heavy (non-hydrogen) atoms. The number of halogens is 3. The largest absolute Gasteiger partial charge is 0.309 e. The van der Waals surface area contributed by atoms with Gasteiger partial charge in [-0.2, -0.15) is 0 Å². The van der Waals surface area contributed by atoms with Gasteiger partial charge < -0.3 is 5.32 Å². The molecule has 1 atom stereocenters. The number of hydrogen-bond acceptors (Lipinski definition) is 3. The van der Waals surface area contributed by atoms with Crippen LogP contribution < -0.4 is 5.32 Å². The molecule has 0 saturated carbocycles. The average molecular weight is 343 g/mol. The summed E-state index contributed by atoms with van der Waals surface area (Å²) in [5, 5.41) is 4.58. The molecule has 0 aromatic heterocycles. The third kappa shape index (κ3) is 3.99. The number of nitrogens with one attached hydrogen (secondary N) is 1. The van der Waals surface area contributed by atoms with E-state index in [0.29, 0.717) is 33.6 Å². The lowest BCUT2D eigenvalue weighted by molar-refractivity contribution is 0.480. The van der Waals surface area contributed by atoms with Gasteiger partial charge in [0.05, 0.1) is 21.6 Å². The lowest BCUT2D eigenvalue weighted by atomic mass is 10.1. The Hall–Kier alpha value is -0.000000000000000167. The van der Waals surface area contributed by atoms with Gasteiger partial charge in [-0.25, -0.2) is 8.42 Å². The van der Waals surface area contributed by atoms with Crippen LogP contribution in [0.15, 0.2) is 12.1 Å². The van der Waals surface area contributed by atoms with E-state index in [1.807, 2.05) is 0 Å². The van der Waals surface area contributed by atoms with Crippen LogP contribution in [-0.2, 0) is 16.4 Å². The molecule has 0 aliphatic carbocycles. The molecule has 7 heteroatoms. The summed E-state index contributed by atoms with van der Waals surface area (Å²) in [6.07, 6.45) is 1.53. The smallest absolute Gasteiger partial charge is 0.151 e. The minimum absolute atomic E-state index is 0.0511. The second-order valence-corrected chi connectivity index (χ2v) is 8.08. The molecule has 1 fully saturated rings. The van der Waals surface area contributed by atoms with Crippen molar-refractivity contribution in [2.75, 3.05) is 11.5 Å². The quantitative estimate of drug-likeness (QED) is 0.857. The monoisotopic (exact) mass is 341 g/mol. The Bertz CT molecular complexity index is 575. The summed E-state index contributed by atoms with van der Waals surface area (Å²) in [6.45, 7) is 0.415. The van der Waals surface area contributed by atoms with E-state index in [2.05, 4.69) is 5.32 Å². The van der Waals surface area contributed by atoms with Gasteiger partial charge in [0.2, 0.25) is 0 Å². The van der Waals surface area contributed by atoms with E-state index < -0.39 is 9.84 Å². The molecule has 0 bridgehead atoms. The van der Waals surface area contributed by atoms with Crippen LogP contribution in [0.1, 0.15) is 18.4 Å². The van der Waals surface area contributed by atoms with Gasteiger partial charge in [0.25, 0.3) is 0 Å². The van der Waals surface area contributed by atoms with Crippen molar-refractivity contribution in [3.8, 4) is 0 Å². The Morgan fingerprint density at radius 1 is 1.21 bits per heavy atom. The zero-order chi connectivity index (χ0) is 14.0. The molecule has 1 heterocycles. The highest BCUT2D eigenvalue weighted by atomic mass is 35.5.